The van der Waals surface area contributed by atoms with Crippen molar-refractivity contribution in [3.8, 4) is 0 Å². The molecule has 30 heavy (non-hydrogen) atoms. The molecule has 5 rings (SSSR count). The number of hydrogen-bond acceptors (Lipinski definition) is 2. The van der Waals surface area contributed by atoms with E-state index in [0.717, 1.165) is 38.5 Å². The van der Waals surface area contributed by atoms with E-state index in [2.05, 4.69) is 49.5 Å². The fourth-order valence-corrected chi connectivity index (χ4v) is 9.42. The third kappa shape index (κ3) is 2.96. The van der Waals surface area contributed by atoms with Crippen LogP contribution in [0.25, 0.3) is 0 Å². The van der Waals surface area contributed by atoms with Crippen LogP contribution in [0.4, 0.5) is 0 Å². The maximum atomic E-state index is 13.1. The summed E-state index contributed by atoms with van der Waals surface area (Å²) in [6.45, 7) is 4.73. The molecule has 4 aliphatic carbocycles. The van der Waals surface area contributed by atoms with E-state index in [4.69, 9.17) is 0 Å². The average Bonchev–Trinajstić information content (AvgIpc) is 3.02. The molecule has 6 atom stereocenters. The van der Waals surface area contributed by atoms with Crippen molar-refractivity contribution < 1.29 is 9.59 Å². The minimum atomic E-state index is -0.878. The molecule has 0 aliphatic heterocycles. The van der Waals surface area contributed by atoms with Gasteiger partial charge in [-0.1, -0.05) is 0 Å². The average molecular weight is 466 g/mol. The maximum absolute atomic E-state index is 13.1. The van der Waals surface area contributed by atoms with Crippen LogP contribution >= 0.6 is 0 Å². The Kier molecular flexibility index (Phi) is 4.97. The Morgan fingerprint density at radius 1 is 0.933 bits per heavy atom. The summed E-state index contributed by atoms with van der Waals surface area (Å²) in [5, 5.41) is 0. The summed E-state index contributed by atoms with van der Waals surface area (Å²) in [5.41, 5.74) is 7.58. The van der Waals surface area contributed by atoms with Crippen LogP contribution in [0.3, 0.4) is 0 Å². The Morgan fingerprint density at radius 3 is 2.37 bits per heavy atom. The number of benzene rings is 1. The van der Waals surface area contributed by atoms with Gasteiger partial charge in [-0.15, -0.1) is 0 Å². The van der Waals surface area contributed by atoms with Crippen LogP contribution in [0, 0.1) is 28.6 Å². The molecule has 0 amide bonds. The van der Waals surface area contributed by atoms with E-state index in [-0.39, 0.29) is 10.8 Å². The van der Waals surface area contributed by atoms with Crippen molar-refractivity contribution in [1.82, 2.24) is 0 Å². The number of ketones is 2. The summed E-state index contributed by atoms with van der Waals surface area (Å²) in [6.07, 6.45) is 8.73. The number of carbonyl (C=O) groups excluding carboxylic acids is 2. The normalized spacial score (nSPS) is 40.6. The third-order valence-electron chi connectivity index (χ3n) is 9.47. The zero-order valence-electron chi connectivity index (χ0n) is 18.9. The molecule has 0 N–H and O–H groups in total. The molecule has 2 nitrogen and oxygen atoms in total. The molecule has 0 heterocycles. The van der Waals surface area contributed by atoms with Crippen LogP contribution in [0.1, 0.15) is 70.3 Å². The molecule has 0 aromatic heterocycles. The number of rotatable bonds is 2. The second-order valence-electron chi connectivity index (χ2n) is 11.1. The molecule has 3 saturated carbocycles. The molecule has 0 saturated heterocycles. The molecular formula is C27H35AsO2. The Hall–Kier alpha value is -1.14. The van der Waals surface area contributed by atoms with E-state index in [1.54, 1.807) is 0 Å². The van der Waals surface area contributed by atoms with Gasteiger partial charge in [-0.2, -0.15) is 0 Å². The van der Waals surface area contributed by atoms with Gasteiger partial charge in [-0.05, 0) is 0 Å². The van der Waals surface area contributed by atoms with Crippen molar-refractivity contribution in [3.63, 3.8) is 0 Å². The van der Waals surface area contributed by atoms with Gasteiger partial charge in [-0.25, -0.2) is 0 Å². The van der Waals surface area contributed by atoms with E-state index in [9.17, 15) is 9.59 Å². The van der Waals surface area contributed by atoms with Gasteiger partial charge < -0.3 is 0 Å². The van der Waals surface area contributed by atoms with Crippen LogP contribution < -0.4 is 4.35 Å². The molecule has 3 fully saturated rings. The van der Waals surface area contributed by atoms with Crippen molar-refractivity contribution in [2.45, 2.75) is 76.1 Å². The van der Waals surface area contributed by atoms with Crippen LogP contribution in [-0.4, -0.2) is 26.2 Å². The van der Waals surface area contributed by atoms with Gasteiger partial charge in [-0.3, -0.25) is 0 Å². The molecule has 0 bridgehead atoms. The summed E-state index contributed by atoms with van der Waals surface area (Å²) >= 11 is -0.878. The second kappa shape index (κ2) is 7.19. The monoisotopic (exact) mass is 466 g/mol. The molecular weight excluding hydrogens is 431 g/mol. The summed E-state index contributed by atoms with van der Waals surface area (Å²) in [6, 6.07) is 9.48. The van der Waals surface area contributed by atoms with Crippen molar-refractivity contribution in [1.29, 1.82) is 0 Å². The number of fused-ring (bicyclic) bond motifs is 5. The van der Waals surface area contributed by atoms with Gasteiger partial charge in [0.25, 0.3) is 0 Å². The van der Waals surface area contributed by atoms with Crippen LogP contribution in [0.15, 0.2) is 35.9 Å². The third-order valence-corrected chi connectivity index (χ3v) is 12.3. The van der Waals surface area contributed by atoms with Gasteiger partial charge in [0.2, 0.25) is 0 Å². The van der Waals surface area contributed by atoms with Gasteiger partial charge in [0.1, 0.15) is 0 Å². The number of Topliss-reactive ketones (excluding diaryl/α,β-unsaturated/α-hetero) is 1. The summed E-state index contributed by atoms with van der Waals surface area (Å²) < 4.78 is 1.53. The fraction of sp³-hybridized carbons (Fsp3) is 0.630. The van der Waals surface area contributed by atoms with Crippen LogP contribution in [-0.2, 0) is 9.59 Å². The van der Waals surface area contributed by atoms with Gasteiger partial charge in [0.15, 0.2) is 0 Å². The van der Waals surface area contributed by atoms with E-state index < -0.39 is 14.7 Å². The quantitative estimate of drug-likeness (QED) is 0.544. The van der Waals surface area contributed by atoms with Crippen LogP contribution in [0.2, 0.25) is 11.4 Å². The number of carbonyl (C=O) groups is 2. The first-order valence-corrected chi connectivity index (χ1v) is 16.5. The van der Waals surface area contributed by atoms with Crippen molar-refractivity contribution in [2.75, 3.05) is 0 Å². The molecule has 0 spiro atoms. The fourth-order valence-electron chi connectivity index (χ4n) is 7.86. The van der Waals surface area contributed by atoms with E-state index >= 15 is 0 Å². The van der Waals surface area contributed by atoms with Gasteiger partial charge >= 0.3 is 186 Å². The summed E-state index contributed by atoms with van der Waals surface area (Å²) in [4.78, 5) is 25.3. The number of allylic oxidation sites excluding steroid dienone is 1. The zero-order valence-corrected chi connectivity index (χ0v) is 20.8. The Balaban J connectivity index is 1.62. The first-order valence-electron chi connectivity index (χ1n) is 11.8. The molecule has 0 radical (unpaired) electrons. The Bertz CT molecular complexity index is 913. The second-order valence-corrected chi connectivity index (χ2v) is 15.9. The van der Waals surface area contributed by atoms with Crippen molar-refractivity contribution >= 4 is 30.6 Å². The molecule has 0 unspecified atom stereocenters. The molecule has 160 valence electrons. The summed E-state index contributed by atoms with van der Waals surface area (Å²) in [5.74, 6) is 2.94. The number of hydrogen-bond donors (Lipinski definition) is 0. The minimum absolute atomic E-state index is 0.111. The molecule has 4 aliphatic rings. The Morgan fingerprint density at radius 2 is 1.67 bits per heavy atom. The predicted molar refractivity (Wildman–Crippen MR) is 123 cm³/mol. The van der Waals surface area contributed by atoms with E-state index in [1.165, 1.54) is 15.5 Å². The zero-order chi connectivity index (χ0) is 21.3. The first kappa shape index (κ1) is 20.7. The van der Waals surface area contributed by atoms with E-state index in [0.29, 0.717) is 41.7 Å². The van der Waals surface area contributed by atoms with Gasteiger partial charge in [0, 0.05) is 0 Å². The van der Waals surface area contributed by atoms with Crippen LogP contribution in [0.5, 0.6) is 0 Å². The van der Waals surface area contributed by atoms with Crippen molar-refractivity contribution in [2.24, 2.45) is 28.6 Å². The van der Waals surface area contributed by atoms with E-state index in [1.807, 2.05) is 6.08 Å². The van der Waals surface area contributed by atoms with Gasteiger partial charge in [0.05, 0.1) is 0 Å². The predicted octanol–water partition coefficient (Wildman–Crippen LogP) is 5.44. The first-order chi connectivity index (χ1) is 14.2. The summed E-state index contributed by atoms with van der Waals surface area (Å²) in [7, 11) is 0. The SMILES string of the molecule is C[As](C)c1ccc([C@H]2C[C@]3(C)C(=O)CC[C@H]3[C@@H]3CCC4=CC(=O)CC[C@]4(C)[C@H]32)cc1. The van der Waals surface area contributed by atoms with Crippen molar-refractivity contribution in [3.05, 3.63) is 41.5 Å². The Labute approximate surface area is 186 Å². The molecule has 1 aromatic rings. The molecule has 1 aromatic carbocycles. The topological polar surface area (TPSA) is 34.1 Å². The standard InChI is InChI=1S/C27H35AsO2/c1-26-14-13-20(29)15-18(26)7-10-21-23-11-12-24(30)27(23,2)16-22(25(21)26)17-5-8-19(9-6-17)28(3)4/h5-6,8-9,15,21-23,25H,7,10-14,16H2,1-4H3/t21-,22+,23-,25+,26-,27-/m0/s1. The molecule has 3 heteroatoms.